The summed E-state index contributed by atoms with van der Waals surface area (Å²) in [5.41, 5.74) is 2.03. The van der Waals surface area contributed by atoms with Gasteiger partial charge in [0.05, 0.1) is 24.5 Å². The van der Waals surface area contributed by atoms with Crippen molar-refractivity contribution in [2.45, 2.75) is 33.9 Å². The Labute approximate surface area is 151 Å². The lowest BCUT2D eigenvalue weighted by Crippen LogP contribution is -2.36. The van der Waals surface area contributed by atoms with Gasteiger partial charge in [-0.05, 0) is 26.8 Å². The van der Waals surface area contributed by atoms with Crippen molar-refractivity contribution in [1.82, 2.24) is 25.6 Å². The molecular formula is C14H21IN6S. The standard InChI is InChI=1S/C14H20N6S.HI/c1-9-10(2)21-13(19-9)8-18-14(15-4)17-7-12-5-6-16-11(3)20-12;/h5-6H,7-8H2,1-4H3,(H2,15,17,18);1H. The number of aliphatic imine (C=N–C) groups is 1. The van der Waals surface area contributed by atoms with Crippen LogP contribution in [-0.2, 0) is 13.1 Å². The highest BCUT2D eigenvalue weighted by molar-refractivity contribution is 14.0. The van der Waals surface area contributed by atoms with E-state index in [9.17, 15) is 0 Å². The molecular weight excluding hydrogens is 411 g/mol. The van der Waals surface area contributed by atoms with E-state index in [1.807, 2.05) is 19.9 Å². The van der Waals surface area contributed by atoms with Crippen molar-refractivity contribution < 1.29 is 0 Å². The third-order valence-corrected chi connectivity index (χ3v) is 4.05. The molecule has 0 saturated heterocycles. The first kappa shape index (κ1) is 18.8. The Morgan fingerprint density at radius 3 is 2.50 bits per heavy atom. The summed E-state index contributed by atoms with van der Waals surface area (Å²) >= 11 is 1.71. The Morgan fingerprint density at radius 1 is 1.18 bits per heavy atom. The molecule has 2 N–H and O–H groups in total. The maximum absolute atomic E-state index is 4.50. The smallest absolute Gasteiger partial charge is 0.191 e. The molecule has 0 radical (unpaired) electrons. The third-order valence-electron chi connectivity index (χ3n) is 2.97. The number of hydrogen-bond acceptors (Lipinski definition) is 5. The van der Waals surface area contributed by atoms with Crippen molar-refractivity contribution in [3.8, 4) is 0 Å². The lowest BCUT2D eigenvalue weighted by atomic mass is 10.4. The number of hydrogen-bond donors (Lipinski definition) is 2. The van der Waals surface area contributed by atoms with Gasteiger partial charge in [0.1, 0.15) is 10.8 Å². The summed E-state index contributed by atoms with van der Waals surface area (Å²) in [5.74, 6) is 1.50. The molecule has 0 spiro atoms. The van der Waals surface area contributed by atoms with Crippen molar-refractivity contribution >= 4 is 41.3 Å². The molecule has 0 amide bonds. The maximum atomic E-state index is 4.50. The largest absolute Gasteiger partial charge is 0.351 e. The number of thiazole rings is 1. The number of guanidine groups is 1. The highest BCUT2D eigenvalue weighted by Crippen LogP contribution is 2.15. The summed E-state index contributed by atoms with van der Waals surface area (Å²) in [6, 6.07) is 1.89. The van der Waals surface area contributed by atoms with Crippen LogP contribution in [0.2, 0.25) is 0 Å². The van der Waals surface area contributed by atoms with Crippen molar-refractivity contribution in [3.05, 3.63) is 39.4 Å². The van der Waals surface area contributed by atoms with Crippen LogP contribution in [0.15, 0.2) is 17.3 Å². The Balaban J connectivity index is 0.00000242. The lowest BCUT2D eigenvalue weighted by Gasteiger charge is -2.10. The van der Waals surface area contributed by atoms with Gasteiger partial charge in [-0.1, -0.05) is 0 Å². The van der Waals surface area contributed by atoms with E-state index in [0.717, 1.165) is 28.2 Å². The van der Waals surface area contributed by atoms with E-state index in [-0.39, 0.29) is 24.0 Å². The molecule has 8 heteroatoms. The minimum Gasteiger partial charge on any atom is -0.351 e. The Kier molecular flexibility index (Phi) is 7.66. The number of aromatic nitrogens is 3. The molecule has 0 atom stereocenters. The molecule has 0 aromatic carbocycles. The molecule has 0 saturated carbocycles. The van der Waals surface area contributed by atoms with Gasteiger partial charge in [0.2, 0.25) is 0 Å². The van der Waals surface area contributed by atoms with Crippen LogP contribution in [-0.4, -0.2) is 28.0 Å². The van der Waals surface area contributed by atoms with Crippen LogP contribution in [0.3, 0.4) is 0 Å². The topological polar surface area (TPSA) is 75.1 Å². The molecule has 2 aromatic rings. The first-order valence-electron chi connectivity index (χ1n) is 6.74. The summed E-state index contributed by atoms with van der Waals surface area (Å²) in [5, 5.41) is 7.55. The number of halogens is 1. The molecule has 0 bridgehead atoms. The summed E-state index contributed by atoms with van der Waals surface area (Å²) in [6.45, 7) is 7.27. The van der Waals surface area contributed by atoms with E-state index in [2.05, 4.69) is 37.5 Å². The van der Waals surface area contributed by atoms with E-state index in [1.54, 1.807) is 24.6 Å². The number of nitrogens with one attached hydrogen (secondary N) is 2. The van der Waals surface area contributed by atoms with Crippen LogP contribution in [0.1, 0.15) is 27.1 Å². The average molecular weight is 432 g/mol. The molecule has 0 fully saturated rings. The Bertz CT molecular complexity index is 621. The van der Waals surface area contributed by atoms with Gasteiger partial charge >= 0.3 is 0 Å². The second kappa shape index (κ2) is 8.99. The minimum atomic E-state index is 0. The van der Waals surface area contributed by atoms with E-state index >= 15 is 0 Å². The van der Waals surface area contributed by atoms with Crippen molar-refractivity contribution in [3.63, 3.8) is 0 Å². The van der Waals surface area contributed by atoms with Crippen molar-refractivity contribution in [1.29, 1.82) is 0 Å². The van der Waals surface area contributed by atoms with Gasteiger partial charge in [0.15, 0.2) is 5.96 Å². The molecule has 0 aliphatic rings. The second-order valence-electron chi connectivity index (χ2n) is 4.62. The molecule has 0 aliphatic carbocycles. The highest BCUT2D eigenvalue weighted by Gasteiger charge is 2.05. The maximum Gasteiger partial charge on any atom is 0.191 e. The van der Waals surface area contributed by atoms with Gasteiger partial charge < -0.3 is 10.6 Å². The molecule has 2 rings (SSSR count). The van der Waals surface area contributed by atoms with Crippen molar-refractivity contribution in [2.24, 2.45) is 4.99 Å². The van der Waals surface area contributed by atoms with Crippen LogP contribution in [0.25, 0.3) is 0 Å². The summed E-state index contributed by atoms with van der Waals surface area (Å²) in [6.07, 6.45) is 1.76. The van der Waals surface area contributed by atoms with Gasteiger partial charge in [0, 0.05) is 18.1 Å². The molecule has 2 heterocycles. The van der Waals surface area contributed by atoms with E-state index in [0.29, 0.717) is 13.1 Å². The van der Waals surface area contributed by atoms with Gasteiger partial charge in [-0.15, -0.1) is 35.3 Å². The monoisotopic (exact) mass is 432 g/mol. The number of rotatable bonds is 4. The van der Waals surface area contributed by atoms with Crippen LogP contribution in [0, 0.1) is 20.8 Å². The fourth-order valence-corrected chi connectivity index (χ4v) is 2.65. The molecule has 22 heavy (non-hydrogen) atoms. The van der Waals surface area contributed by atoms with Crippen LogP contribution in [0.4, 0.5) is 0 Å². The molecule has 120 valence electrons. The predicted molar refractivity (Wildman–Crippen MR) is 101 cm³/mol. The third kappa shape index (κ3) is 5.48. The minimum absolute atomic E-state index is 0. The lowest BCUT2D eigenvalue weighted by molar-refractivity contribution is 0.782. The van der Waals surface area contributed by atoms with Crippen LogP contribution in [0.5, 0.6) is 0 Å². The fourth-order valence-electron chi connectivity index (χ4n) is 1.77. The quantitative estimate of drug-likeness (QED) is 0.441. The van der Waals surface area contributed by atoms with Crippen LogP contribution >= 0.6 is 35.3 Å². The van der Waals surface area contributed by atoms with Gasteiger partial charge in [-0.3, -0.25) is 4.99 Å². The summed E-state index contributed by atoms with van der Waals surface area (Å²) in [4.78, 5) is 18.4. The average Bonchev–Trinajstić information content (AvgIpc) is 2.78. The number of aryl methyl sites for hydroxylation is 3. The Hall–Kier alpha value is -1.29. The Morgan fingerprint density at radius 2 is 1.91 bits per heavy atom. The predicted octanol–water partition coefficient (Wildman–Crippen LogP) is 2.34. The zero-order valence-electron chi connectivity index (χ0n) is 13.2. The van der Waals surface area contributed by atoms with Crippen molar-refractivity contribution in [2.75, 3.05) is 7.05 Å². The zero-order chi connectivity index (χ0) is 15.2. The number of nitrogens with zero attached hydrogens (tertiary/aromatic N) is 4. The fraction of sp³-hybridized carbons (Fsp3) is 0.429. The van der Waals surface area contributed by atoms with Gasteiger partial charge in [-0.2, -0.15) is 0 Å². The molecule has 0 aliphatic heterocycles. The first-order chi connectivity index (χ1) is 10.1. The van der Waals surface area contributed by atoms with E-state index < -0.39 is 0 Å². The second-order valence-corrected chi connectivity index (χ2v) is 5.91. The van der Waals surface area contributed by atoms with E-state index in [1.165, 1.54) is 4.88 Å². The molecule has 6 nitrogen and oxygen atoms in total. The summed E-state index contributed by atoms with van der Waals surface area (Å²) in [7, 11) is 1.75. The summed E-state index contributed by atoms with van der Waals surface area (Å²) < 4.78 is 0. The molecule has 0 unspecified atom stereocenters. The first-order valence-corrected chi connectivity index (χ1v) is 7.56. The highest BCUT2D eigenvalue weighted by atomic mass is 127. The SMILES string of the molecule is CN=C(NCc1ccnc(C)n1)NCc1nc(C)c(C)s1.I. The van der Waals surface area contributed by atoms with Gasteiger partial charge in [0.25, 0.3) is 0 Å². The van der Waals surface area contributed by atoms with E-state index in [4.69, 9.17) is 0 Å². The van der Waals surface area contributed by atoms with Gasteiger partial charge in [-0.25, -0.2) is 15.0 Å². The molecule has 2 aromatic heterocycles. The van der Waals surface area contributed by atoms with Crippen LogP contribution < -0.4 is 10.6 Å². The zero-order valence-corrected chi connectivity index (χ0v) is 16.3. The normalized spacial score (nSPS) is 11.0.